The van der Waals surface area contributed by atoms with E-state index in [0.717, 1.165) is 25.9 Å². The Bertz CT molecular complexity index is 475. The molecular formula is C14H18ClN3O. The summed E-state index contributed by atoms with van der Waals surface area (Å²) in [4.78, 5) is 22.2. The number of piperidine rings is 1. The Morgan fingerprint density at radius 3 is 2.47 bits per heavy atom. The first-order chi connectivity index (χ1) is 9.19. The Balaban J connectivity index is 1.66. The Hall–Kier alpha value is -1.16. The summed E-state index contributed by atoms with van der Waals surface area (Å²) in [5, 5.41) is 0.273. The molecule has 1 saturated carbocycles. The maximum atomic E-state index is 12.3. The van der Waals surface area contributed by atoms with Crippen LogP contribution < -0.4 is 0 Å². The van der Waals surface area contributed by atoms with Gasteiger partial charge in [-0.2, -0.15) is 0 Å². The lowest BCUT2D eigenvalue weighted by Crippen LogP contribution is -2.42. The zero-order valence-corrected chi connectivity index (χ0v) is 11.7. The zero-order valence-electron chi connectivity index (χ0n) is 10.9. The van der Waals surface area contributed by atoms with Crippen LogP contribution in [-0.4, -0.2) is 33.9 Å². The number of carbonyl (C=O) groups is 1. The van der Waals surface area contributed by atoms with Crippen LogP contribution in [0, 0.1) is 5.41 Å². The maximum absolute atomic E-state index is 12.3. The molecule has 102 valence electrons. The standard InChI is InChI=1S/C14H18ClN3O/c15-12-10-16-9-11(17-12)13(19)18-7-5-14(6-8-18)3-1-2-4-14/h9-10H,1-8H2. The van der Waals surface area contributed by atoms with Gasteiger partial charge in [-0.3, -0.25) is 9.78 Å². The fourth-order valence-electron chi connectivity index (χ4n) is 3.42. The second-order valence-electron chi connectivity index (χ2n) is 5.73. The lowest BCUT2D eigenvalue weighted by molar-refractivity contribution is 0.0581. The van der Waals surface area contributed by atoms with Gasteiger partial charge in [-0.1, -0.05) is 24.4 Å². The molecule has 1 amide bonds. The maximum Gasteiger partial charge on any atom is 0.274 e. The van der Waals surface area contributed by atoms with Gasteiger partial charge in [-0.25, -0.2) is 4.98 Å². The van der Waals surface area contributed by atoms with E-state index in [0.29, 0.717) is 11.1 Å². The van der Waals surface area contributed by atoms with E-state index >= 15 is 0 Å². The lowest BCUT2D eigenvalue weighted by Gasteiger charge is -2.39. The van der Waals surface area contributed by atoms with Crippen LogP contribution in [-0.2, 0) is 0 Å². The lowest BCUT2D eigenvalue weighted by atomic mass is 9.77. The Morgan fingerprint density at radius 2 is 1.84 bits per heavy atom. The Morgan fingerprint density at radius 1 is 1.16 bits per heavy atom. The van der Waals surface area contributed by atoms with Crippen LogP contribution in [0.1, 0.15) is 49.0 Å². The van der Waals surface area contributed by atoms with Crippen LogP contribution in [0.2, 0.25) is 5.15 Å². The molecule has 1 aliphatic carbocycles. The molecule has 2 heterocycles. The Labute approximate surface area is 118 Å². The molecule has 0 atom stereocenters. The fourth-order valence-corrected chi connectivity index (χ4v) is 3.56. The average molecular weight is 280 g/mol. The summed E-state index contributed by atoms with van der Waals surface area (Å²) in [6, 6.07) is 0. The number of nitrogens with zero attached hydrogens (tertiary/aromatic N) is 3. The van der Waals surface area contributed by atoms with Gasteiger partial charge in [0.25, 0.3) is 5.91 Å². The van der Waals surface area contributed by atoms with Gasteiger partial charge in [0.1, 0.15) is 10.8 Å². The number of amides is 1. The first-order valence-corrected chi connectivity index (χ1v) is 7.33. The minimum absolute atomic E-state index is 0.0390. The van der Waals surface area contributed by atoms with Gasteiger partial charge in [0.05, 0.1) is 12.4 Å². The first-order valence-electron chi connectivity index (χ1n) is 6.95. The molecule has 4 nitrogen and oxygen atoms in total. The molecule has 5 heteroatoms. The number of likely N-dealkylation sites (tertiary alicyclic amines) is 1. The van der Waals surface area contributed by atoms with E-state index in [1.807, 2.05) is 4.90 Å². The molecule has 0 aromatic carbocycles. The molecule has 0 N–H and O–H groups in total. The third-order valence-corrected chi connectivity index (χ3v) is 4.78. The monoisotopic (exact) mass is 279 g/mol. The highest BCUT2D eigenvalue weighted by Crippen LogP contribution is 2.46. The van der Waals surface area contributed by atoms with Gasteiger partial charge >= 0.3 is 0 Å². The highest BCUT2D eigenvalue weighted by atomic mass is 35.5. The van der Waals surface area contributed by atoms with E-state index in [2.05, 4.69) is 9.97 Å². The van der Waals surface area contributed by atoms with Gasteiger partial charge in [-0.15, -0.1) is 0 Å². The number of rotatable bonds is 1. The summed E-state index contributed by atoms with van der Waals surface area (Å²) in [6.07, 6.45) is 10.6. The van der Waals surface area contributed by atoms with Crippen molar-refractivity contribution in [2.75, 3.05) is 13.1 Å². The van der Waals surface area contributed by atoms with E-state index in [9.17, 15) is 4.79 Å². The van der Waals surface area contributed by atoms with E-state index in [1.165, 1.54) is 38.1 Å². The topological polar surface area (TPSA) is 46.1 Å². The van der Waals surface area contributed by atoms with Crippen molar-refractivity contribution < 1.29 is 4.79 Å². The van der Waals surface area contributed by atoms with Gasteiger partial charge in [-0.05, 0) is 31.1 Å². The van der Waals surface area contributed by atoms with Crippen molar-refractivity contribution in [3.05, 3.63) is 23.2 Å². The van der Waals surface area contributed by atoms with Crippen molar-refractivity contribution in [2.45, 2.75) is 38.5 Å². The van der Waals surface area contributed by atoms with Crippen molar-refractivity contribution in [1.29, 1.82) is 0 Å². The molecule has 0 bridgehead atoms. The van der Waals surface area contributed by atoms with Crippen LogP contribution in [0.25, 0.3) is 0 Å². The van der Waals surface area contributed by atoms with Crippen LogP contribution in [0.15, 0.2) is 12.4 Å². The molecule has 1 aromatic rings. The molecule has 1 aromatic heterocycles. The quantitative estimate of drug-likeness (QED) is 0.794. The third-order valence-electron chi connectivity index (χ3n) is 4.60. The van der Waals surface area contributed by atoms with Gasteiger partial charge in [0.15, 0.2) is 0 Å². The highest BCUT2D eigenvalue weighted by Gasteiger charge is 2.38. The second kappa shape index (κ2) is 5.08. The Kier molecular flexibility index (Phi) is 3.44. The van der Waals surface area contributed by atoms with Crippen molar-refractivity contribution in [1.82, 2.24) is 14.9 Å². The normalized spacial score (nSPS) is 21.8. The summed E-state index contributed by atoms with van der Waals surface area (Å²) in [6.45, 7) is 1.68. The molecule has 1 saturated heterocycles. The summed E-state index contributed by atoms with van der Waals surface area (Å²) in [5.41, 5.74) is 0.881. The van der Waals surface area contributed by atoms with E-state index in [1.54, 1.807) is 0 Å². The number of carbonyl (C=O) groups excluding carboxylic acids is 1. The van der Waals surface area contributed by atoms with Crippen molar-refractivity contribution in [3.8, 4) is 0 Å². The highest BCUT2D eigenvalue weighted by molar-refractivity contribution is 6.29. The predicted molar refractivity (Wildman–Crippen MR) is 73.1 cm³/mol. The smallest absolute Gasteiger partial charge is 0.274 e. The van der Waals surface area contributed by atoms with Crippen molar-refractivity contribution in [3.63, 3.8) is 0 Å². The first kappa shape index (κ1) is 12.9. The third kappa shape index (κ3) is 2.59. The summed E-state index contributed by atoms with van der Waals surface area (Å²) < 4.78 is 0. The van der Waals surface area contributed by atoms with E-state index in [-0.39, 0.29) is 11.1 Å². The predicted octanol–water partition coefficient (Wildman–Crippen LogP) is 2.93. The molecule has 1 aliphatic heterocycles. The molecular weight excluding hydrogens is 262 g/mol. The second-order valence-corrected chi connectivity index (χ2v) is 6.11. The van der Waals surface area contributed by atoms with Gasteiger partial charge in [0.2, 0.25) is 0 Å². The number of halogens is 1. The summed E-state index contributed by atoms with van der Waals surface area (Å²) >= 11 is 5.78. The van der Waals surface area contributed by atoms with Crippen LogP contribution in [0.3, 0.4) is 0 Å². The van der Waals surface area contributed by atoms with Crippen LogP contribution in [0.4, 0.5) is 0 Å². The zero-order chi connectivity index (χ0) is 13.3. The molecule has 0 radical (unpaired) electrons. The molecule has 3 rings (SSSR count). The molecule has 1 spiro atoms. The van der Waals surface area contributed by atoms with Crippen molar-refractivity contribution in [2.24, 2.45) is 5.41 Å². The number of hydrogen-bond donors (Lipinski definition) is 0. The SMILES string of the molecule is O=C(c1cncc(Cl)n1)N1CCC2(CCCC2)CC1. The summed E-state index contributed by atoms with van der Waals surface area (Å²) in [7, 11) is 0. The average Bonchev–Trinajstić information content (AvgIpc) is 2.87. The minimum atomic E-state index is -0.0390. The minimum Gasteiger partial charge on any atom is -0.337 e. The molecule has 0 unspecified atom stereocenters. The summed E-state index contributed by atoms with van der Waals surface area (Å²) in [5.74, 6) is -0.0390. The molecule has 2 fully saturated rings. The van der Waals surface area contributed by atoms with Crippen LogP contribution in [0.5, 0.6) is 0 Å². The number of aromatic nitrogens is 2. The van der Waals surface area contributed by atoms with Crippen LogP contribution >= 0.6 is 11.6 Å². The van der Waals surface area contributed by atoms with E-state index in [4.69, 9.17) is 11.6 Å². The molecule has 2 aliphatic rings. The number of hydrogen-bond acceptors (Lipinski definition) is 3. The van der Waals surface area contributed by atoms with Gasteiger partial charge in [0, 0.05) is 13.1 Å². The molecule has 19 heavy (non-hydrogen) atoms. The van der Waals surface area contributed by atoms with Gasteiger partial charge < -0.3 is 4.90 Å². The largest absolute Gasteiger partial charge is 0.337 e. The van der Waals surface area contributed by atoms with Crippen molar-refractivity contribution >= 4 is 17.5 Å². The fraction of sp³-hybridized carbons (Fsp3) is 0.643. The van der Waals surface area contributed by atoms with E-state index < -0.39 is 0 Å².